The highest BCUT2D eigenvalue weighted by Crippen LogP contribution is 2.54. The molecule has 1 N–H and O–H groups in total. The van der Waals surface area contributed by atoms with Crippen molar-refractivity contribution in [3.05, 3.63) is 48.6 Å². The molecular formula is C22H31NO2. The summed E-state index contributed by atoms with van der Waals surface area (Å²) in [6, 6.07) is 10.0. The van der Waals surface area contributed by atoms with E-state index >= 15 is 0 Å². The van der Waals surface area contributed by atoms with Gasteiger partial charge in [-0.1, -0.05) is 49.8 Å². The first kappa shape index (κ1) is 17.3. The van der Waals surface area contributed by atoms with Crippen molar-refractivity contribution in [1.29, 1.82) is 0 Å². The fourth-order valence-corrected chi connectivity index (χ4v) is 5.56. The molecule has 2 heterocycles. The number of hydrogen-bond acceptors (Lipinski definition) is 3. The van der Waals surface area contributed by atoms with Crippen LogP contribution in [0.4, 0.5) is 0 Å². The van der Waals surface area contributed by atoms with Crippen LogP contribution in [-0.4, -0.2) is 34.4 Å². The second-order valence-electron chi connectivity index (χ2n) is 8.89. The minimum absolute atomic E-state index is 0.0221. The van der Waals surface area contributed by atoms with Crippen molar-refractivity contribution in [1.82, 2.24) is 4.90 Å². The molecule has 0 amide bonds. The summed E-state index contributed by atoms with van der Waals surface area (Å²) >= 11 is 0. The zero-order chi connectivity index (χ0) is 17.8. The van der Waals surface area contributed by atoms with Crippen LogP contribution in [0.5, 0.6) is 0 Å². The van der Waals surface area contributed by atoms with Gasteiger partial charge in [0.2, 0.25) is 0 Å². The largest absolute Gasteiger partial charge is 0.380 e. The van der Waals surface area contributed by atoms with Crippen molar-refractivity contribution in [3.63, 3.8) is 0 Å². The summed E-state index contributed by atoms with van der Waals surface area (Å²) < 4.78 is 6.65. The quantitative estimate of drug-likeness (QED) is 0.827. The van der Waals surface area contributed by atoms with Crippen molar-refractivity contribution in [2.75, 3.05) is 6.54 Å². The molecule has 0 spiro atoms. The third-order valence-corrected chi connectivity index (χ3v) is 7.14. The third-order valence-electron chi connectivity index (χ3n) is 7.14. The molecule has 0 bridgehead atoms. The van der Waals surface area contributed by atoms with Crippen LogP contribution >= 0.6 is 0 Å². The van der Waals surface area contributed by atoms with Gasteiger partial charge in [-0.15, -0.1) is 6.58 Å². The lowest BCUT2D eigenvalue weighted by Crippen LogP contribution is -2.65. The average Bonchev–Trinajstić information content (AvgIpc) is 2.90. The summed E-state index contributed by atoms with van der Waals surface area (Å²) in [6.07, 6.45) is 5.43. The second kappa shape index (κ2) is 5.94. The lowest BCUT2D eigenvalue weighted by molar-refractivity contribution is -0.263. The van der Waals surface area contributed by atoms with Crippen LogP contribution in [0.2, 0.25) is 0 Å². The van der Waals surface area contributed by atoms with Crippen LogP contribution in [0.25, 0.3) is 0 Å². The lowest BCUT2D eigenvalue weighted by atomic mass is 9.69. The second-order valence-corrected chi connectivity index (χ2v) is 8.89. The molecule has 2 aliphatic heterocycles. The fourth-order valence-electron chi connectivity index (χ4n) is 5.56. The number of rotatable bonds is 2. The zero-order valence-electron chi connectivity index (χ0n) is 15.7. The van der Waals surface area contributed by atoms with Gasteiger partial charge in [-0.2, -0.15) is 0 Å². The van der Waals surface area contributed by atoms with Gasteiger partial charge < -0.3 is 9.84 Å². The molecule has 0 radical (unpaired) electrons. The topological polar surface area (TPSA) is 32.7 Å². The Kier molecular flexibility index (Phi) is 4.10. The minimum Gasteiger partial charge on any atom is -0.380 e. The van der Waals surface area contributed by atoms with Crippen LogP contribution in [0.1, 0.15) is 45.6 Å². The predicted molar refractivity (Wildman–Crippen MR) is 100.0 cm³/mol. The maximum Gasteiger partial charge on any atom is 0.145 e. The molecule has 25 heavy (non-hydrogen) atoms. The van der Waals surface area contributed by atoms with E-state index in [1.165, 1.54) is 12.8 Å². The van der Waals surface area contributed by atoms with E-state index in [2.05, 4.69) is 32.3 Å². The van der Waals surface area contributed by atoms with Crippen LogP contribution in [-0.2, 0) is 10.3 Å². The molecule has 6 atom stereocenters. The van der Waals surface area contributed by atoms with E-state index in [1.54, 1.807) is 0 Å². The summed E-state index contributed by atoms with van der Waals surface area (Å²) in [6.45, 7) is 11.8. The minimum atomic E-state index is -1.04. The first-order valence-electron chi connectivity index (χ1n) is 9.71. The first-order chi connectivity index (χ1) is 11.9. The summed E-state index contributed by atoms with van der Waals surface area (Å²) in [7, 11) is 0. The molecule has 136 valence electrons. The van der Waals surface area contributed by atoms with E-state index in [0.29, 0.717) is 11.8 Å². The Morgan fingerprint density at radius 3 is 2.64 bits per heavy atom. The van der Waals surface area contributed by atoms with Crippen LogP contribution in [0.15, 0.2) is 43.0 Å². The highest BCUT2D eigenvalue weighted by atomic mass is 16.5. The molecule has 1 aliphatic carbocycles. The van der Waals surface area contributed by atoms with E-state index in [-0.39, 0.29) is 23.8 Å². The Morgan fingerprint density at radius 1 is 1.24 bits per heavy atom. The maximum atomic E-state index is 11.9. The smallest absolute Gasteiger partial charge is 0.145 e. The van der Waals surface area contributed by atoms with E-state index < -0.39 is 5.60 Å². The summed E-state index contributed by atoms with van der Waals surface area (Å²) in [5, 5.41) is 11.9. The van der Waals surface area contributed by atoms with Gasteiger partial charge in [0.05, 0.1) is 6.10 Å². The SMILES string of the molecule is C=C[C@H]1CN2[C@@H](O[C@@H]3C[C@H](C)CC[C@H]3C2(C)C)[C@]1(O)c1ccccc1. The summed E-state index contributed by atoms with van der Waals surface area (Å²) in [5.74, 6) is 1.20. The molecule has 4 rings (SSSR count). The lowest BCUT2D eigenvalue weighted by Gasteiger charge is -2.56. The number of ether oxygens (including phenoxy) is 1. The first-order valence-corrected chi connectivity index (χ1v) is 9.71. The number of hydrogen-bond donors (Lipinski definition) is 1. The van der Waals surface area contributed by atoms with Gasteiger partial charge in [-0.25, -0.2) is 0 Å². The van der Waals surface area contributed by atoms with E-state index in [1.807, 2.05) is 36.4 Å². The Labute approximate surface area is 151 Å². The Bertz CT molecular complexity index is 643. The normalized spacial score (nSPS) is 43.3. The van der Waals surface area contributed by atoms with Crippen LogP contribution in [0, 0.1) is 17.8 Å². The number of nitrogens with zero attached hydrogens (tertiary/aromatic N) is 1. The van der Waals surface area contributed by atoms with Gasteiger partial charge >= 0.3 is 0 Å². The molecule has 3 fully saturated rings. The van der Waals surface area contributed by atoms with E-state index in [9.17, 15) is 5.11 Å². The molecule has 1 aromatic carbocycles. The van der Waals surface area contributed by atoms with Gasteiger partial charge in [-0.3, -0.25) is 4.90 Å². The van der Waals surface area contributed by atoms with E-state index in [4.69, 9.17) is 4.74 Å². The van der Waals surface area contributed by atoms with Crippen LogP contribution in [0.3, 0.4) is 0 Å². The molecule has 1 aromatic rings. The molecule has 1 saturated carbocycles. The van der Waals surface area contributed by atoms with Crippen molar-refractivity contribution >= 4 is 0 Å². The molecular weight excluding hydrogens is 310 g/mol. The zero-order valence-corrected chi connectivity index (χ0v) is 15.7. The maximum absolute atomic E-state index is 11.9. The Hall–Kier alpha value is -1.16. The van der Waals surface area contributed by atoms with Gasteiger partial charge in [0, 0.05) is 23.9 Å². The molecule has 3 aliphatic rings. The molecule has 3 heteroatoms. The summed E-state index contributed by atoms with van der Waals surface area (Å²) in [4.78, 5) is 2.41. The number of fused-ring (bicyclic) bond motifs is 2. The van der Waals surface area contributed by atoms with Crippen molar-refractivity contribution in [2.24, 2.45) is 17.8 Å². The standard InChI is InChI=1S/C22H31NO2/c1-5-16-14-23-20(22(16,24)17-9-7-6-8-10-17)25-19-13-15(2)11-12-18(19)21(23,3)4/h5-10,15-16,18-20,24H,1,11-14H2,2-4H3/t15-,16+,18-,19-,20+,22-/m1/s1. The van der Waals surface area contributed by atoms with E-state index in [0.717, 1.165) is 18.5 Å². The molecule has 2 saturated heterocycles. The molecule has 0 aromatic heterocycles. The van der Waals surface area contributed by atoms with Crippen molar-refractivity contribution in [2.45, 2.75) is 63.5 Å². The Balaban J connectivity index is 1.77. The van der Waals surface area contributed by atoms with Gasteiger partial charge in [0.25, 0.3) is 0 Å². The monoisotopic (exact) mass is 341 g/mol. The highest BCUT2D eigenvalue weighted by Gasteiger charge is 2.63. The van der Waals surface area contributed by atoms with Crippen LogP contribution < -0.4 is 0 Å². The molecule has 0 unspecified atom stereocenters. The number of benzene rings is 1. The highest BCUT2D eigenvalue weighted by molar-refractivity contribution is 5.30. The predicted octanol–water partition coefficient (Wildman–Crippen LogP) is 3.93. The number of aliphatic hydroxyl groups is 1. The van der Waals surface area contributed by atoms with Gasteiger partial charge in [0.1, 0.15) is 11.8 Å². The van der Waals surface area contributed by atoms with Gasteiger partial charge in [0.15, 0.2) is 0 Å². The fraction of sp³-hybridized carbons (Fsp3) is 0.636. The Morgan fingerprint density at radius 2 is 1.96 bits per heavy atom. The molecule has 3 nitrogen and oxygen atoms in total. The summed E-state index contributed by atoms with van der Waals surface area (Å²) in [5.41, 5.74) is -0.0781. The van der Waals surface area contributed by atoms with Crippen molar-refractivity contribution < 1.29 is 9.84 Å². The average molecular weight is 341 g/mol. The van der Waals surface area contributed by atoms with Gasteiger partial charge in [-0.05, 0) is 38.2 Å². The van der Waals surface area contributed by atoms with Crippen molar-refractivity contribution in [3.8, 4) is 0 Å². The third kappa shape index (κ3) is 2.43.